The minimum Gasteiger partial charge on any atom is -0.448 e. The fourth-order valence-corrected chi connectivity index (χ4v) is 1.53. The molecule has 2 rings (SSSR count). The number of H-pyrrole nitrogens is 1. The molecular formula is C14H13FN2O3. The third kappa shape index (κ3) is 3.23. The number of hydrogen-bond acceptors (Lipinski definition) is 3. The van der Waals surface area contributed by atoms with Crippen molar-refractivity contribution in [2.24, 2.45) is 0 Å². The van der Waals surface area contributed by atoms with Crippen molar-refractivity contribution in [1.29, 1.82) is 0 Å². The summed E-state index contributed by atoms with van der Waals surface area (Å²) in [5.41, 5.74) is 0.288. The van der Waals surface area contributed by atoms with E-state index < -0.39 is 23.8 Å². The van der Waals surface area contributed by atoms with Gasteiger partial charge in [-0.1, -0.05) is 12.1 Å². The highest BCUT2D eigenvalue weighted by Gasteiger charge is 2.20. The molecule has 0 fully saturated rings. The highest BCUT2D eigenvalue weighted by molar-refractivity contribution is 5.96. The van der Waals surface area contributed by atoms with Crippen molar-refractivity contribution < 1.29 is 18.7 Å². The summed E-state index contributed by atoms with van der Waals surface area (Å²) in [7, 11) is 0. The number of rotatable bonds is 4. The lowest BCUT2D eigenvalue weighted by Gasteiger charge is -2.13. The van der Waals surface area contributed by atoms with Crippen LogP contribution in [-0.4, -0.2) is 23.0 Å². The summed E-state index contributed by atoms with van der Waals surface area (Å²) in [6.07, 6.45) is 0.533. The molecule has 1 atom stereocenters. The zero-order chi connectivity index (χ0) is 14.5. The molecule has 0 saturated heterocycles. The van der Waals surface area contributed by atoms with Gasteiger partial charge < -0.3 is 15.0 Å². The van der Waals surface area contributed by atoms with Crippen LogP contribution >= 0.6 is 0 Å². The number of benzene rings is 1. The number of para-hydroxylation sites is 1. The van der Waals surface area contributed by atoms with Crippen LogP contribution in [0.1, 0.15) is 17.4 Å². The van der Waals surface area contributed by atoms with E-state index in [-0.39, 0.29) is 11.4 Å². The highest BCUT2D eigenvalue weighted by Crippen LogP contribution is 2.13. The average molecular weight is 276 g/mol. The first kappa shape index (κ1) is 13.8. The van der Waals surface area contributed by atoms with Crippen molar-refractivity contribution in [3.63, 3.8) is 0 Å². The number of hydrogen-bond donors (Lipinski definition) is 2. The molecule has 0 aliphatic carbocycles. The maximum Gasteiger partial charge on any atom is 0.355 e. The van der Waals surface area contributed by atoms with Gasteiger partial charge in [-0.15, -0.1) is 0 Å². The minimum absolute atomic E-state index is 0.0419. The van der Waals surface area contributed by atoms with Crippen LogP contribution in [0.3, 0.4) is 0 Å². The highest BCUT2D eigenvalue weighted by atomic mass is 19.1. The van der Waals surface area contributed by atoms with E-state index in [0.29, 0.717) is 0 Å². The summed E-state index contributed by atoms with van der Waals surface area (Å²) < 4.78 is 18.3. The van der Waals surface area contributed by atoms with Gasteiger partial charge in [0.05, 0.1) is 5.69 Å². The Hall–Kier alpha value is -2.63. The molecule has 0 spiro atoms. The van der Waals surface area contributed by atoms with Gasteiger partial charge in [0.25, 0.3) is 5.91 Å². The number of amides is 1. The molecule has 1 heterocycles. The number of esters is 1. The Morgan fingerprint density at radius 1 is 1.25 bits per heavy atom. The molecule has 20 heavy (non-hydrogen) atoms. The fraction of sp³-hybridized carbons (Fsp3) is 0.143. The molecule has 0 unspecified atom stereocenters. The second-order valence-corrected chi connectivity index (χ2v) is 4.10. The van der Waals surface area contributed by atoms with Gasteiger partial charge in [0.15, 0.2) is 6.10 Å². The van der Waals surface area contributed by atoms with Gasteiger partial charge in [-0.05, 0) is 31.2 Å². The lowest BCUT2D eigenvalue weighted by molar-refractivity contribution is -0.123. The van der Waals surface area contributed by atoms with Crippen LogP contribution in [-0.2, 0) is 9.53 Å². The molecule has 6 heteroatoms. The number of ether oxygens (including phenoxy) is 1. The largest absolute Gasteiger partial charge is 0.448 e. The summed E-state index contributed by atoms with van der Waals surface area (Å²) >= 11 is 0. The van der Waals surface area contributed by atoms with E-state index in [0.717, 1.165) is 0 Å². The van der Waals surface area contributed by atoms with E-state index in [1.54, 1.807) is 18.3 Å². The summed E-state index contributed by atoms with van der Waals surface area (Å²) in [5, 5.41) is 2.36. The molecule has 2 N–H and O–H groups in total. The van der Waals surface area contributed by atoms with Gasteiger partial charge in [0, 0.05) is 6.20 Å². The molecule has 1 aromatic heterocycles. The lowest BCUT2D eigenvalue weighted by atomic mass is 10.3. The molecule has 0 bridgehead atoms. The quantitative estimate of drug-likeness (QED) is 0.842. The Kier molecular flexibility index (Phi) is 4.14. The first-order valence-corrected chi connectivity index (χ1v) is 5.97. The van der Waals surface area contributed by atoms with Crippen LogP contribution in [0.2, 0.25) is 0 Å². The van der Waals surface area contributed by atoms with Crippen molar-refractivity contribution in [2.75, 3.05) is 5.32 Å². The Morgan fingerprint density at radius 2 is 2.00 bits per heavy atom. The first-order valence-electron chi connectivity index (χ1n) is 5.97. The second-order valence-electron chi connectivity index (χ2n) is 4.10. The van der Waals surface area contributed by atoms with Crippen LogP contribution in [0.5, 0.6) is 0 Å². The summed E-state index contributed by atoms with van der Waals surface area (Å²) in [4.78, 5) is 26.1. The van der Waals surface area contributed by atoms with Gasteiger partial charge >= 0.3 is 5.97 Å². The lowest BCUT2D eigenvalue weighted by Crippen LogP contribution is -2.30. The van der Waals surface area contributed by atoms with E-state index in [1.807, 2.05) is 0 Å². The van der Waals surface area contributed by atoms with E-state index >= 15 is 0 Å². The molecule has 5 nitrogen and oxygen atoms in total. The van der Waals surface area contributed by atoms with E-state index in [1.165, 1.54) is 31.2 Å². The summed E-state index contributed by atoms with van der Waals surface area (Å²) in [5.74, 6) is -1.80. The number of aromatic amines is 1. The summed E-state index contributed by atoms with van der Waals surface area (Å²) in [6.45, 7) is 1.41. The molecule has 0 aliphatic heterocycles. The predicted octanol–water partition coefficient (Wildman–Crippen LogP) is 2.34. The van der Waals surface area contributed by atoms with E-state index in [9.17, 15) is 14.0 Å². The Balaban J connectivity index is 1.96. The maximum atomic E-state index is 13.4. The average Bonchev–Trinajstić information content (AvgIpc) is 2.95. The monoisotopic (exact) mass is 276 g/mol. The Labute approximate surface area is 114 Å². The molecule has 104 valence electrons. The zero-order valence-electron chi connectivity index (χ0n) is 10.7. The smallest absolute Gasteiger partial charge is 0.355 e. The third-order valence-corrected chi connectivity index (χ3v) is 2.60. The Morgan fingerprint density at radius 3 is 2.65 bits per heavy atom. The zero-order valence-corrected chi connectivity index (χ0v) is 10.7. The number of halogens is 1. The molecule has 0 aliphatic rings. The second kappa shape index (κ2) is 6.01. The van der Waals surface area contributed by atoms with Crippen molar-refractivity contribution in [3.8, 4) is 0 Å². The maximum absolute atomic E-state index is 13.4. The number of anilines is 1. The topological polar surface area (TPSA) is 71.2 Å². The van der Waals surface area contributed by atoms with Crippen LogP contribution in [0.15, 0.2) is 42.6 Å². The van der Waals surface area contributed by atoms with Gasteiger partial charge in [-0.2, -0.15) is 0 Å². The standard InChI is InChI=1S/C14H13FN2O3/c1-9(20-14(19)12-7-4-8-16-12)13(18)17-11-6-3-2-5-10(11)15/h2-9,16H,1H3,(H,17,18)/t9-/m0/s1. The van der Waals surface area contributed by atoms with Crippen LogP contribution in [0.4, 0.5) is 10.1 Å². The van der Waals surface area contributed by atoms with Gasteiger partial charge in [-0.25, -0.2) is 9.18 Å². The Bertz CT molecular complexity index is 611. The summed E-state index contributed by atoms with van der Waals surface area (Å²) in [6, 6.07) is 8.93. The minimum atomic E-state index is -1.04. The van der Waals surface area contributed by atoms with Crippen molar-refractivity contribution in [3.05, 3.63) is 54.1 Å². The van der Waals surface area contributed by atoms with Crippen LogP contribution < -0.4 is 5.32 Å². The number of carbonyl (C=O) groups excluding carboxylic acids is 2. The molecule has 1 aromatic carbocycles. The molecular weight excluding hydrogens is 263 g/mol. The normalized spacial score (nSPS) is 11.7. The van der Waals surface area contributed by atoms with Gasteiger partial charge in [-0.3, -0.25) is 4.79 Å². The van der Waals surface area contributed by atoms with Crippen molar-refractivity contribution in [2.45, 2.75) is 13.0 Å². The molecule has 0 radical (unpaired) electrons. The predicted molar refractivity (Wildman–Crippen MR) is 70.7 cm³/mol. The molecule has 1 amide bonds. The number of nitrogens with one attached hydrogen (secondary N) is 2. The number of carbonyl (C=O) groups is 2. The SMILES string of the molecule is C[C@H](OC(=O)c1ccc[nH]1)C(=O)Nc1ccccc1F. The molecule has 0 saturated carbocycles. The van der Waals surface area contributed by atoms with E-state index in [4.69, 9.17) is 4.74 Å². The molecule has 2 aromatic rings. The van der Waals surface area contributed by atoms with Crippen molar-refractivity contribution in [1.82, 2.24) is 4.98 Å². The van der Waals surface area contributed by atoms with Crippen LogP contribution in [0, 0.1) is 5.82 Å². The fourth-order valence-electron chi connectivity index (χ4n) is 1.53. The van der Waals surface area contributed by atoms with Gasteiger partial charge in [0.1, 0.15) is 11.5 Å². The third-order valence-electron chi connectivity index (χ3n) is 2.60. The van der Waals surface area contributed by atoms with E-state index in [2.05, 4.69) is 10.3 Å². The van der Waals surface area contributed by atoms with Crippen molar-refractivity contribution >= 4 is 17.6 Å². The van der Waals surface area contributed by atoms with Crippen LogP contribution in [0.25, 0.3) is 0 Å². The number of aromatic nitrogens is 1. The first-order chi connectivity index (χ1) is 9.58. The van der Waals surface area contributed by atoms with Gasteiger partial charge in [0.2, 0.25) is 0 Å².